The van der Waals surface area contributed by atoms with E-state index in [0.717, 1.165) is 10.5 Å². The first-order valence-corrected chi connectivity index (χ1v) is 26.0. The molecule has 1 nitrogen and oxygen atoms in total. The Kier molecular flexibility index (Phi) is 5.43. The summed E-state index contributed by atoms with van der Waals surface area (Å²) in [6.45, 7) is 4.63. The maximum atomic E-state index is 6.03. The minimum atomic E-state index is -3.19. The molecule has 0 fully saturated rings. The SMILES string of the molecule is CCCC[CH2][Pt]([CH3])([CH3])([CH3])([CH3])([CH2]CCCC)[SiH2]O[SiH3]. The first kappa shape index (κ1) is 19.1. The van der Waals surface area contributed by atoms with Crippen LogP contribution in [0.3, 0.4) is 0 Å². The van der Waals surface area contributed by atoms with Gasteiger partial charge in [0, 0.05) is 0 Å². The van der Waals surface area contributed by atoms with Crippen LogP contribution >= 0.6 is 0 Å². The second kappa shape index (κ2) is 5.13. The molecule has 0 aliphatic heterocycles. The molecule has 0 amide bonds. The summed E-state index contributed by atoms with van der Waals surface area (Å²) in [6, 6.07) is 0. The number of hydrogen-bond donors (Lipinski definition) is 0. The Morgan fingerprint density at radius 3 is 1.50 bits per heavy atom. The molecular formula is C14H39OPtSi2. The molecule has 0 spiro atoms. The molecule has 0 radical (unpaired) electrons. The molecule has 0 saturated heterocycles. The van der Waals surface area contributed by atoms with E-state index in [2.05, 4.69) is 35.1 Å². The van der Waals surface area contributed by atoms with Gasteiger partial charge in [0.05, 0.1) is 0 Å². The molecule has 0 unspecified atom stereocenters. The van der Waals surface area contributed by atoms with Gasteiger partial charge in [0.25, 0.3) is 0 Å². The first-order chi connectivity index (χ1) is 7.93. The van der Waals surface area contributed by atoms with Crippen molar-refractivity contribution in [3.63, 3.8) is 0 Å². The van der Waals surface area contributed by atoms with Gasteiger partial charge in [0.2, 0.25) is 0 Å². The monoisotopic (exact) mass is 474 g/mol. The third kappa shape index (κ3) is 6.49. The molecule has 0 N–H and O–H groups in total. The molecule has 0 aromatic rings. The van der Waals surface area contributed by atoms with Gasteiger partial charge in [0.1, 0.15) is 0 Å². The van der Waals surface area contributed by atoms with Gasteiger partial charge in [-0.05, 0) is 0 Å². The van der Waals surface area contributed by atoms with Crippen LogP contribution in [0, 0.1) is 0 Å². The van der Waals surface area contributed by atoms with E-state index < -0.39 is 11.6 Å². The van der Waals surface area contributed by atoms with Gasteiger partial charge in [-0.15, -0.1) is 0 Å². The summed E-state index contributed by atoms with van der Waals surface area (Å²) < 4.78 is 6.03. The first-order valence-electron chi connectivity index (χ1n) is 7.05. The summed E-state index contributed by atoms with van der Waals surface area (Å²) in [7, 11) is 0.574. The quantitative estimate of drug-likeness (QED) is 0.336. The molecule has 0 rings (SSSR count). The van der Waals surface area contributed by atoms with Crippen LogP contribution < -0.4 is 0 Å². The topological polar surface area (TPSA) is 9.23 Å². The van der Waals surface area contributed by atoms with E-state index in [1.807, 2.05) is 0 Å². The van der Waals surface area contributed by atoms with E-state index in [4.69, 9.17) is 4.12 Å². The second-order valence-electron chi connectivity index (χ2n) is 8.17. The minimum absolute atomic E-state index is 0.370. The van der Waals surface area contributed by atoms with Crippen molar-refractivity contribution >= 4 is 18.2 Å². The number of hydrogen-bond acceptors (Lipinski definition) is 1. The fourth-order valence-corrected chi connectivity index (χ4v) is 53.6. The van der Waals surface area contributed by atoms with Crippen LogP contribution in [0.5, 0.6) is 0 Å². The van der Waals surface area contributed by atoms with Gasteiger partial charge in [0.15, 0.2) is 0 Å². The molecule has 0 saturated carbocycles. The summed E-state index contributed by atoms with van der Waals surface area (Å²) in [4.78, 5) is 2.97. The van der Waals surface area contributed by atoms with Crippen LogP contribution in [0.1, 0.15) is 52.4 Å². The van der Waals surface area contributed by atoms with Gasteiger partial charge in [-0.3, -0.25) is 0 Å². The zero-order valence-corrected chi connectivity index (χ0v) is 19.8. The summed E-state index contributed by atoms with van der Waals surface area (Å²) in [5.74, 6) is 0. The molecule has 0 aromatic heterocycles. The summed E-state index contributed by atoms with van der Waals surface area (Å²) in [5, 5.41) is 10.8. The fraction of sp³-hybridized carbons (Fsp3) is 1.00. The van der Waals surface area contributed by atoms with E-state index in [9.17, 15) is 0 Å². The molecule has 119 valence electrons. The standard InChI is InChI=1S/2C5H11.4CH3.H5OSi2.Pt/c2*1-3-5-4-2;;;;;2-1-3;/h2*1,3-5H2,2H3;4*1H3;2H2,3H3;. The normalized spacial score (nSPS) is 19.6. The zero-order chi connectivity index (χ0) is 14.4. The Labute approximate surface area is 117 Å². The summed E-state index contributed by atoms with van der Waals surface area (Å²) >= 11 is -3.19. The predicted octanol–water partition coefficient (Wildman–Crippen LogP) is 4.45. The molecule has 0 atom stereocenters. The van der Waals surface area contributed by atoms with Crippen LogP contribution in [0.4, 0.5) is 0 Å². The van der Waals surface area contributed by atoms with Crippen molar-refractivity contribution in [2.75, 3.05) is 0 Å². The van der Waals surface area contributed by atoms with Crippen molar-refractivity contribution in [3.05, 3.63) is 0 Å². The third-order valence-corrected chi connectivity index (χ3v) is 39.6. The van der Waals surface area contributed by atoms with Crippen molar-refractivity contribution in [2.24, 2.45) is 0 Å². The van der Waals surface area contributed by atoms with Crippen molar-refractivity contribution in [3.8, 4) is 0 Å². The van der Waals surface area contributed by atoms with E-state index in [1.165, 1.54) is 48.1 Å². The van der Waals surface area contributed by atoms with Crippen molar-refractivity contribution < 1.29 is 15.7 Å². The van der Waals surface area contributed by atoms with Gasteiger partial charge >= 0.3 is 117 Å². The number of unbranched alkanes of at least 4 members (excludes halogenated alkanes) is 4. The van der Waals surface area contributed by atoms with E-state index in [1.54, 1.807) is 0 Å². The molecule has 0 aromatic carbocycles. The van der Waals surface area contributed by atoms with Crippen molar-refractivity contribution in [1.82, 2.24) is 0 Å². The van der Waals surface area contributed by atoms with Gasteiger partial charge in [-0.2, -0.15) is 0 Å². The third-order valence-electron chi connectivity index (χ3n) is 3.73. The van der Waals surface area contributed by atoms with Crippen LogP contribution in [0.15, 0.2) is 0 Å². The predicted molar refractivity (Wildman–Crippen MR) is 91.7 cm³/mol. The molecule has 18 heavy (non-hydrogen) atoms. The van der Waals surface area contributed by atoms with Crippen molar-refractivity contribution in [2.45, 2.75) is 83.2 Å². The van der Waals surface area contributed by atoms with Gasteiger partial charge in [-0.1, -0.05) is 0 Å². The van der Waals surface area contributed by atoms with Crippen LogP contribution in [-0.2, 0) is 15.7 Å². The Hall–Kier alpha value is 1.08. The van der Waals surface area contributed by atoms with Gasteiger partial charge in [-0.25, -0.2) is 0 Å². The van der Waals surface area contributed by atoms with Crippen LogP contribution in [0.2, 0.25) is 30.9 Å². The average Bonchev–Trinajstić information content (AvgIpc) is 2.17. The Bertz CT molecular complexity index is 269. The fourth-order valence-electron chi connectivity index (χ4n) is 2.53. The van der Waals surface area contributed by atoms with Crippen molar-refractivity contribution in [1.29, 1.82) is 0 Å². The Balaban J connectivity index is 5.10. The number of rotatable bonds is 10. The molecule has 0 aliphatic rings. The van der Waals surface area contributed by atoms with Crippen LogP contribution in [0.25, 0.3) is 0 Å². The molecule has 0 aliphatic carbocycles. The molecule has 0 bridgehead atoms. The Morgan fingerprint density at radius 1 is 0.833 bits per heavy atom. The summed E-state index contributed by atoms with van der Waals surface area (Å²) in [6.07, 6.45) is 8.33. The summed E-state index contributed by atoms with van der Waals surface area (Å²) in [5.41, 5.74) is 0. The van der Waals surface area contributed by atoms with E-state index in [0.29, 0.717) is 0 Å². The molecule has 4 heteroatoms. The van der Waals surface area contributed by atoms with E-state index in [-0.39, 0.29) is 7.74 Å². The van der Waals surface area contributed by atoms with Crippen LogP contribution in [-0.4, -0.2) is 18.2 Å². The molecule has 0 heterocycles. The second-order valence-corrected chi connectivity index (χ2v) is 71.0. The van der Waals surface area contributed by atoms with Gasteiger partial charge < -0.3 is 0 Å². The zero-order valence-electron chi connectivity index (χ0n) is 14.1. The maximum absolute atomic E-state index is 6.03. The molecular weight excluding hydrogens is 435 g/mol. The average molecular weight is 475 g/mol. The Morgan fingerprint density at radius 2 is 1.22 bits per heavy atom. The van der Waals surface area contributed by atoms with E-state index >= 15 is 0 Å².